The Morgan fingerprint density at radius 1 is 0.461 bits per heavy atom. The van der Waals surface area contributed by atoms with Gasteiger partial charge < -0.3 is 28.8 Å². The molecule has 9 heteroatoms. The number of likely N-dealkylation sites (N-methyl/N-ethyl adjacent to an activating group) is 1. The number of carbonyl (C=O) groups excluding carboxylic acids is 1. The fourth-order valence-electron chi connectivity index (χ4n) is 9.57. The van der Waals surface area contributed by atoms with E-state index >= 15 is 0 Å². The van der Waals surface area contributed by atoms with Gasteiger partial charge in [-0.2, -0.15) is 0 Å². The molecule has 2 N–H and O–H groups in total. The number of nitrogens with one attached hydrogen (secondary N) is 1. The van der Waals surface area contributed by atoms with Crippen molar-refractivity contribution in [2.75, 3.05) is 40.9 Å². The number of phosphoric ester groups is 1. The first-order chi connectivity index (χ1) is 37.0. The zero-order chi connectivity index (χ0) is 55.6. The molecule has 0 aliphatic heterocycles. The third kappa shape index (κ3) is 59.9. The number of unbranched alkanes of at least 4 members (excludes halogenated alkanes) is 39. The van der Waals surface area contributed by atoms with Crippen LogP contribution in [0.25, 0.3) is 0 Å². The van der Waals surface area contributed by atoms with Crippen molar-refractivity contribution in [1.29, 1.82) is 0 Å². The number of rotatable bonds is 60. The van der Waals surface area contributed by atoms with E-state index in [-0.39, 0.29) is 12.5 Å². The lowest BCUT2D eigenvalue weighted by Gasteiger charge is -2.29. The molecule has 0 radical (unpaired) electrons. The lowest BCUT2D eigenvalue weighted by molar-refractivity contribution is -0.870. The highest BCUT2D eigenvalue weighted by molar-refractivity contribution is 7.45. The van der Waals surface area contributed by atoms with Crippen LogP contribution >= 0.6 is 7.82 Å². The zero-order valence-corrected chi connectivity index (χ0v) is 51.9. The number of hydrogen-bond donors (Lipinski definition) is 2. The Morgan fingerprint density at radius 2 is 0.776 bits per heavy atom. The average molecular weight is 1090 g/mol. The van der Waals surface area contributed by atoms with Crippen molar-refractivity contribution in [2.45, 2.75) is 321 Å². The Morgan fingerprint density at radius 3 is 1.14 bits per heavy atom. The summed E-state index contributed by atoms with van der Waals surface area (Å²) in [4.78, 5) is 25.5. The SMILES string of the molecule is CCCCCCC/C=C\C/C=C\CCCCCCCCCCCCCCCCCCCCCCCCCC(=O)NC(COP(=O)([O-])OCC[N+](C)(C)C)C(O)/C=C/CC/C=C/CC/C=C/CCCCCCCCCCC. The number of hydrogen-bond acceptors (Lipinski definition) is 6. The number of aliphatic hydroxyl groups excluding tert-OH is 1. The van der Waals surface area contributed by atoms with E-state index in [1.807, 2.05) is 27.2 Å². The second-order valence-corrected chi connectivity index (χ2v) is 24.9. The van der Waals surface area contributed by atoms with Crippen molar-refractivity contribution >= 4 is 13.7 Å². The van der Waals surface area contributed by atoms with Gasteiger partial charge in [0.2, 0.25) is 5.91 Å². The molecule has 0 fully saturated rings. The average Bonchev–Trinajstić information content (AvgIpc) is 3.38. The number of amides is 1. The summed E-state index contributed by atoms with van der Waals surface area (Å²) in [7, 11) is 1.24. The Kier molecular flexibility index (Phi) is 56.5. The van der Waals surface area contributed by atoms with Crippen molar-refractivity contribution in [2.24, 2.45) is 0 Å². The van der Waals surface area contributed by atoms with Crippen LogP contribution in [0.1, 0.15) is 309 Å². The maximum atomic E-state index is 13.0. The second kappa shape index (κ2) is 57.9. The van der Waals surface area contributed by atoms with Crippen molar-refractivity contribution in [3.05, 3.63) is 60.8 Å². The van der Waals surface area contributed by atoms with Gasteiger partial charge in [-0.15, -0.1) is 0 Å². The quantitative estimate of drug-likeness (QED) is 0.0272. The summed E-state index contributed by atoms with van der Waals surface area (Å²) in [6.07, 6.45) is 79.1. The molecule has 0 rings (SSSR count). The van der Waals surface area contributed by atoms with Crippen molar-refractivity contribution in [3.63, 3.8) is 0 Å². The molecule has 3 atom stereocenters. The maximum absolute atomic E-state index is 13.0. The minimum Gasteiger partial charge on any atom is -0.756 e. The maximum Gasteiger partial charge on any atom is 0.268 e. The molecule has 0 spiro atoms. The summed E-state index contributed by atoms with van der Waals surface area (Å²) < 4.78 is 23.4. The Hall–Kier alpha value is -1.80. The summed E-state index contributed by atoms with van der Waals surface area (Å²) in [5.74, 6) is -0.207. The number of aliphatic hydroxyl groups is 1. The van der Waals surface area contributed by atoms with Crippen molar-refractivity contribution in [3.8, 4) is 0 Å². The van der Waals surface area contributed by atoms with Gasteiger partial charge in [-0.1, -0.05) is 286 Å². The van der Waals surface area contributed by atoms with Gasteiger partial charge in [0.1, 0.15) is 13.2 Å². The highest BCUT2D eigenvalue weighted by Gasteiger charge is 2.23. The number of carbonyl (C=O) groups is 1. The topological polar surface area (TPSA) is 108 Å². The molecule has 0 bridgehead atoms. The summed E-state index contributed by atoms with van der Waals surface area (Å²) >= 11 is 0. The Labute approximate surface area is 472 Å². The van der Waals surface area contributed by atoms with Gasteiger partial charge in [0, 0.05) is 6.42 Å². The van der Waals surface area contributed by atoms with E-state index in [4.69, 9.17) is 9.05 Å². The molecule has 0 aromatic heterocycles. The van der Waals surface area contributed by atoms with Crippen LogP contribution in [0.15, 0.2) is 60.8 Å². The van der Waals surface area contributed by atoms with Gasteiger partial charge in [0.15, 0.2) is 0 Å². The molecule has 0 heterocycles. The fourth-order valence-corrected chi connectivity index (χ4v) is 10.3. The molecule has 1 amide bonds. The molecular weight excluding hydrogens is 960 g/mol. The van der Waals surface area contributed by atoms with E-state index in [0.29, 0.717) is 17.4 Å². The summed E-state index contributed by atoms with van der Waals surface area (Å²) in [6.45, 7) is 4.64. The van der Waals surface area contributed by atoms with E-state index < -0.39 is 26.6 Å². The summed E-state index contributed by atoms with van der Waals surface area (Å²) in [6, 6.07) is -0.911. The molecule has 0 aromatic rings. The lowest BCUT2D eigenvalue weighted by Crippen LogP contribution is -2.45. The third-order valence-electron chi connectivity index (χ3n) is 14.7. The first kappa shape index (κ1) is 74.2. The van der Waals surface area contributed by atoms with Crippen LogP contribution in [0, 0.1) is 0 Å². The zero-order valence-electron chi connectivity index (χ0n) is 51.0. The molecule has 0 saturated carbocycles. The molecule has 8 nitrogen and oxygen atoms in total. The van der Waals surface area contributed by atoms with Crippen LogP contribution in [-0.2, 0) is 18.4 Å². The lowest BCUT2D eigenvalue weighted by atomic mass is 10.0. The predicted octanol–water partition coefficient (Wildman–Crippen LogP) is 19.8. The number of phosphoric acid groups is 1. The number of nitrogens with zero attached hydrogens (tertiary/aromatic N) is 1. The fraction of sp³-hybridized carbons (Fsp3) is 0.836. The minimum absolute atomic E-state index is 0.00882. The van der Waals surface area contributed by atoms with Crippen LogP contribution < -0.4 is 10.2 Å². The highest BCUT2D eigenvalue weighted by Crippen LogP contribution is 2.38. The molecule has 446 valence electrons. The van der Waals surface area contributed by atoms with Crippen LogP contribution in [-0.4, -0.2) is 68.5 Å². The predicted molar refractivity (Wildman–Crippen MR) is 330 cm³/mol. The van der Waals surface area contributed by atoms with Crippen LogP contribution in [0.2, 0.25) is 0 Å². The number of allylic oxidation sites excluding steroid dienone is 9. The van der Waals surface area contributed by atoms with E-state index in [1.54, 1.807) is 6.08 Å². The summed E-state index contributed by atoms with van der Waals surface area (Å²) in [5, 5.41) is 13.9. The van der Waals surface area contributed by atoms with Gasteiger partial charge in [-0.25, -0.2) is 0 Å². The van der Waals surface area contributed by atoms with Crippen LogP contribution in [0.3, 0.4) is 0 Å². The normalized spacial score (nSPS) is 14.1. The smallest absolute Gasteiger partial charge is 0.268 e. The Bertz CT molecular complexity index is 1420. The van der Waals surface area contributed by atoms with Gasteiger partial charge in [0.05, 0.1) is 39.9 Å². The first-order valence-corrected chi connectivity index (χ1v) is 34.1. The third-order valence-corrected chi connectivity index (χ3v) is 15.6. The summed E-state index contributed by atoms with van der Waals surface area (Å²) in [5.41, 5.74) is 0. The van der Waals surface area contributed by atoms with E-state index in [0.717, 1.165) is 51.4 Å². The standard InChI is InChI=1S/C67H127N2O6P/c1-6-8-10-12-14-16-18-20-22-24-26-27-28-29-30-31-32-33-34-35-36-37-38-39-40-41-43-45-47-49-51-53-55-57-59-61-67(71)68-65(64-75-76(72,73)74-63-62-69(3,4)5)66(70)60-58-56-54-52-50-48-46-44-42-25-23-21-19-17-15-13-11-9-7-2/h18,20,24,26,42,44,50,52,58,60,65-66,70H,6-17,19,21-23,25,27-41,43,45-49,51,53-57,59,61-64H2,1-5H3,(H-,68,71,72,73)/b20-18-,26-24-,44-42+,52-50+,60-58+. The van der Waals surface area contributed by atoms with Crippen molar-refractivity contribution < 1.29 is 32.9 Å². The van der Waals surface area contributed by atoms with Gasteiger partial charge in [-0.3, -0.25) is 9.36 Å². The van der Waals surface area contributed by atoms with Gasteiger partial charge in [-0.05, 0) is 77.0 Å². The second-order valence-electron chi connectivity index (χ2n) is 23.4. The minimum atomic E-state index is -4.61. The Balaban J connectivity index is 4.05. The largest absolute Gasteiger partial charge is 0.756 e. The molecule has 0 aliphatic carbocycles. The van der Waals surface area contributed by atoms with E-state index in [2.05, 4.69) is 67.8 Å². The van der Waals surface area contributed by atoms with Gasteiger partial charge in [0.25, 0.3) is 7.82 Å². The molecule has 0 aromatic carbocycles. The number of quaternary nitrogens is 1. The molecule has 76 heavy (non-hydrogen) atoms. The van der Waals surface area contributed by atoms with E-state index in [9.17, 15) is 19.4 Å². The van der Waals surface area contributed by atoms with E-state index in [1.165, 1.54) is 238 Å². The van der Waals surface area contributed by atoms with Crippen LogP contribution in [0.5, 0.6) is 0 Å². The van der Waals surface area contributed by atoms with Crippen LogP contribution in [0.4, 0.5) is 0 Å². The highest BCUT2D eigenvalue weighted by atomic mass is 31.2. The van der Waals surface area contributed by atoms with Crippen molar-refractivity contribution in [1.82, 2.24) is 5.32 Å². The molecule has 0 aliphatic rings. The first-order valence-electron chi connectivity index (χ1n) is 32.7. The molecule has 0 saturated heterocycles. The van der Waals surface area contributed by atoms with Gasteiger partial charge >= 0.3 is 0 Å². The molecule has 3 unspecified atom stereocenters. The molecular formula is C67H127N2O6P. The monoisotopic (exact) mass is 1090 g/mol.